The predicted octanol–water partition coefficient (Wildman–Crippen LogP) is 3.51. The highest BCUT2D eigenvalue weighted by atomic mass is 19.4. The van der Waals surface area contributed by atoms with Gasteiger partial charge in [0.1, 0.15) is 11.9 Å². The standard InChI is InChI=1S/C14H18F4N2O/c1-4-20(5-2)13(21)9(3)19-12-7-6-10(8-11(12)15)14(16,17)18/h6-9,19H,4-5H2,1-3H3. The number of nitrogens with zero attached hydrogens (tertiary/aromatic N) is 1. The Morgan fingerprint density at radius 3 is 2.29 bits per heavy atom. The van der Waals surface area contributed by atoms with Gasteiger partial charge in [-0.1, -0.05) is 0 Å². The summed E-state index contributed by atoms with van der Waals surface area (Å²) in [5.41, 5.74) is -1.19. The molecule has 0 aliphatic rings. The molecule has 1 aromatic rings. The molecule has 1 amide bonds. The van der Waals surface area contributed by atoms with Gasteiger partial charge in [-0.3, -0.25) is 4.79 Å². The zero-order valence-electron chi connectivity index (χ0n) is 12.1. The van der Waals surface area contributed by atoms with E-state index in [-0.39, 0.29) is 11.6 Å². The zero-order valence-corrected chi connectivity index (χ0v) is 12.1. The second-order valence-electron chi connectivity index (χ2n) is 4.57. The van der Waals surface area contributed by atoms with Gasteiger partial charge in [-0.15, -0.1) is 0 Å². The number of carbonyl (C=O) groups is 1. The third-order valence-corrected chi connectivity index (χ3v) is 3.11. The monoisotopic (exact) mass is 306 g/mol. The SMILES string of the molecule is CCN(CC)C(=O)C(C)Nc1ccc(C(F)(F)F)cc1F. The van der Waals surface area contributed by atoms with Crippen molar-refractivity contribution in [3.63, 3.8) is 0 Å². The van der Waals surface area contributed by atoms with E-state index >= 15 is 0 Å². The fraction of sp³-hybridized carbons (Fsp3) is 0.500. The Labute approximate surface area is 120 Å². The average Bonchev–Trinajstić information content (AvgIpc) is 2.41. The van der Waals surface area contributed by atoms with Crippen LogP contribution in [0.15, 0.2) is 18.2 Å². The first kappa shape index (κ1) is 17.3. The van der Waals surface area contributed by atoms with Crippen molar-refractivity contribution < 1.29 is 22.4 Å². The minimum absolute atomic E-state index is 0.129. The molecule has 118 valence electrons. The molecule has 0 saturated heterocycles. The normalized spacial score (nSPS) is 12.9. The molecule has 0 saturated carbocycles. The Bertz CT molecular complexity index is 498. The molecule has 0 bridgehead atoms. The molecular formula is C14H18F4N2O. The van der Waals surface area contributed by atoms with Crippen LogP contribution in [0.4, 0.5) is 23.2 Å². The summed E-state index contributed by atoms with van der Waals surface area (Å²) in [6.07, 6.45) is -4.60. The van der Waals surface area contributed by atoms with Crippen molar-refractivity contribution in [2.24, 2.45) is 0 Å². The van der Waals surface area contributed by atoms with Gasteiger partial charge < -0.3 is 10.2 Å². The number of rotatable bonds is 5. The lowest BCUT2D eigenvalue weighted by Crippen LogP contribution is -2.41. The Hall–Kier alpha value is -1.79. The smallest absolute Gasteiger partial charge is 0.372 e. The fourth-order valence-electron chi connectivity index (χ4n) is 1.91. The Kier molecular flexibility index (Phi) is 5.57. The van der Waals surface area contributed by atoms with Crippen molar-refractivity contribution in [1.82, 2.24) is 4.90 Å². The van der Waals surface area contributed by atoms with Crippen LogP contribution < -0.4 is 5.32 Å². The van der Waals surface area contributed by atoms with Crippen LogP contribution >= 0.6 is 0 Å². The summed E-state index contributed by atoms with van der Waals surface area (Å²) in [6, 6.07) is 1.46. The summed E-state index contributed by atoms with van der Waals surface area (Å²) in [7, 11) is 0. The summed E-state index contributed by atoms with van der Waals surface area (Å²) in [6.45, 7) is 6.19. The number of carbonyl (C=O) groups excluding carboxylic acids is 1. The van der Waals surface area contributed by atoms with E-state index in [1.165, 1.54) is 6.92 Å². The van der Waals surface area contributed by atoms with Crippen molar-refractivity contribution in [3.8, 4) is 0 Å². The molecule has 0 spiro atoms. The number of amides is 1. The molecule has 1 N–H and O–H groups in total. The van der Waals surface area contributed by atoms with Gasteiger partial charge >= 0.3 is 6.18 Å². The van der Waals surface area contributed by atoms with E-state index in [1.54, 1.807) is 4.90 Å². The topological polar surface area (TPSA) is 32.3 Å². The molecule has 21 heavy (non-hydrogen) atoms. The lowest BCUT2D eigenvalue weighted by Gasteiger charge is -2.24. The van der Waals surface area contributed by atoms with Crippen molar-refractivity contribution in [2.75, 3.05) is 18.4 Å². The number of likely N-dealkylation sites (N-methyl/N-ethyl adjacent to an activating group) is 1. The number of nitrogens with one attached hydrogen (secondary N) is 1. The molecule has 0 aliphatic carbocycles. The highest BCUT2D eigenvalue weighted by Crippen LogP contribution is 2.31. The van der Waals surface area contributed by atoms with Crippen molar-refractivity contribution >= 4 is 11.6 Å². The van der Waals surface area contributed by atoms with Crippen molar-refractivity contribution in [2.45, 2.75) is 33.0 Å². The minimum Gasteiger partial charge on any atom is -0.372 e. The van der Waals surface area contributed by atoms with Gasteiger partial charge in [0.25, 0.3) is 0 Å². The van der Waals surface area contributed by atoms with E-state index in [0.717, 1.165) is 12.1 Å². The zero-order chi connectivity index (χ0) is 16.2. The maximum atomic E-state index is 13.7. The number of hydrogen-bond donors (Lipinski definition) is 1. The summed E-state index contributed by atoms with van der Waals surface area (Å²) in [4.78, 5) is 13.6. The molecule has 0 fully saturated rings. The summed E-state index contributed by atoms with van der Waals surface area (Å²) in [5, 5.41) is 2.60. The molecular weight excluding hydrogens is 288 g/mol. The summed E-state index contributed by atoms with van der Waals surface area (Å²) >= 11 is 0. The Balaban J connectivity index is 2.86. The van der Waals surface area contributed by atoms with Gasteiger partial charge in [0.2, 0.25) is 5.91 Å². The quantitative estimate of drug-likeness (QED) is 0.844. The van der Waals surface area contributed by atoms with Crippen LogP contribution in [0.5, 0.6) is 0 Å². The number of anilines is 1. The number of alkyl halides is 3. The number of halogens is 4. The van der Waals surface area contributed by atoms with E-state index in [0.29, 0.717) is 19.2 Å². The van der Waals surface area contributed by atoms with Crippen LogP contribution in [0.1, 0.15) is 26.3 Å². The molecule has 0 aliphatic heterocycles. The minimum atomic E-state index is -4.60. The second-order valence-corrected chi connectivity index (χ2v) is 4.57. The number of hydrogen-bond acceptors (Lipinski definition) is 2. The molecule has 0 aromatic heterocycles. The van der Waals surface area contributed by atoms with E-state index in [1.807, 2.05) is 13.8 Å². The maximum absolute atomic E-state index is 13.7. The van der Waals surface area contributed by atoms with Gasteiger partial charge in [0.15, 0.2) is 0 Å². The third-order valence-electron chi connectivity index (χ3n) is 3.11. The first-order valence-electron chi connectivity index (χ1n) is 6.62. The van der Waals surface area contributed by atoms with Crippen molar-refractivity contribution in [3.05, 3.63) is 29.6 Å². The van der Waals surface area contributed by atoms with Crippen LogP contribution in [0.2, 0.25) is 0 Å². The second kappa shape index (κ2) is 6.78. The first-order valence-corrected chi connectivity index (χ1v) is 6.62. The molecule has 1 unspecified atom stereocenters. The van der Waals surface area contributed by atoms with Crippen LogP contribution in [0, 0.1) is 5.82 Å². The van der Waals surface area contributed by atoms with Gasteiger partial charge in [0.05, 0.1) is 11.3 Å². The van der Waals surface area contributed by atoms with Crippen LogP contribution in [-0.2, 0) is 11.0 Å². The van der Waals surface area contributed by atoms with Gasteiger partial charge in [-0.2, -0.15) is 13.2 Å². The van der Waals surface area contributed by atoms with E-state index in [9.17, 15) is 22.4 Å². The molecule has 1 rings (SSSR count). The lowest BCUT2D eigenvalue weighted by molar-refractivity contribution is -0.137. The van der Waals surface area contributed by atoms with E-state index in [2.05, 4.69) is 5.32 Å². The summed E-state index contributed by atoms with van der Waals surface area (Å²) in [5.74, 6) is -1.27. The number of benzene rings is 1. The maximum Gasteiger partial charge on any atom is 0.416 e. The van der Waals surface area contributed by atoms with Crippen molar-refractivity contribution in [1.29, 1.82) is 0 Å². The molecule has 1 atom stereocenters. The largest absolute Gasteiger partial charge is 0.416 e. The first-order chi connectivity index (χ1) is 9.70. The van der Waals surface area contributed by atoms with Crippen LogP contribution in [0.25, 0.3) is 0 Å². The predicted molar refractivity (Wildman–Crippen MR) is 72.4 cm³/mol. The molecule has 3 nitrogen and oxygen atoms in total. The van der Waals surface area contributed by atoms with Gasteiger partial charge in [-0.25, -0.2) is 4.39 Å². The molecule has 0 heterocycles. The average molecular weight is 306 g/mol. The Morgan fingerprint density at radius 1 is 1.29 bits per heavy atom. The third kappa shape index (κ3) is 4.34. The highest BCUT2D eigenvalue weighted by molar-refractivity contribution is 5.84. The highest BCUT2D eigenvalue weighted by Gasteiger charge is 2.31. The molecule has 0 radical (unpaired) electrons. The van der Waals surface area contributed by atoms with Gasteiger partial charge in [0, 0.05) is 13.1 Å². The summed E-state index contributed by atoms with van der Waals surface area (Å²) < 4.78 is 51.0. The van der Waals surface area contributed by atoms with E-state index < -0.39 is 23.6 Å². The lowest BCUT2D eigenvalue weighted by atomic mass is 10.1. The Morgan fingerprint density at radius 2 is 1.86 bits per heavy atom. The van der Waals surface area contributed by atoms with Crippen LogP contribution in [-0.4, -0.2) is 29.9 Å². The van der Waals surface area contributed by atoms with Gasteiger partial charge in [-0.05, 0) is 39.0 Å². The molecule has 7 heteroatoms. The fourth-order valence-corrected chi connectivity index (χ4v) is 1.91. The van der Waals surface area contributed by atoms with Crippen LogP contribution in [0.3, 0.4) is 0 Å². The van der Waals surface area contributed by atoms with E-state index in [4.69, 9.17) is 0 Å². The molecule has 1 aromatic carbocycles.